The molecule has 3 aromatic rings. The highest BCUT2D eigenvalue weighted by molar-refractivity contribution is 5.80. The molecule has 0 atom stereocenters. The molecule has 0 fully saturated rings. The first-order valence-electron chi connectivity index (χ1n) is 7.67. The van der Waals surface area contributed by atoms with Crippen LogP contribution < -0.4 is 9.47 Å². The molecule has 0 bridgehead atoms. The molecule has 0 N–H and O–H groups in total. The molecular formula is C18H18N4O2. The Bertz CT molecular complexity index is 786. The fraction of sp³-hybridized carbons (Fsp3) is 0.167. The van der Waals surface area contributed by atoms with Crippen LogP contribution in [0.1, 0.15) is 18.1 Å². The van der Waals surface area contributed by atoms with E-state index >= 15 is 0 Å². The van der Waals surface area contributed by atoms with Crippen LogP contribution in [0.15, 0.2) is 66.3 Å². The van der Waals surface area contributed by atoms with E-state index in [1.54, 1.807) is 6.21 Å². The van der Waals surface area contributed by atoms with Crippen LogP contribution in [-0.2, 0) is 6.61 Å². The fourth-order valence-electron chi connectivity index (χ4n) is 2.12. The van der Waals surface area contributed by atoms with Crippen LogP contribution in [0.4, 0.5) is 0 Å². The van der Waals surface area contributed by atoms with E-state index in [2.05, 4.69) is 15.3 Å². The minimum Gasteiger partial charge on any atom is -0.490 e. The van der Waals surface area contributed by atoms with E-state index in [1.807, 2.05) is 55.5 Å². The van der Waals surface area contributed by atoms with Crippen LogP contribution in [0.5, 0.6) is 11.5 Å². The lowest BCUT2D eigenvalue weighted by Gasteiger charge is -2.12. The summed E-state index contributed by atoms with van der Waals surface area (Å²) < 4.78 is 13.1. The van der Waals surface area contributed by atoms with Crippen molar-refractivity contribution < 1.29 is 9.47 Å². The van der Waals surface area contributed by atoms with Gasteiger partial charge in [-0.1, -0.05) is 30.3 Å². The maximum absolute atomic E-state index is 5.89. The third kappa shape index (κ3) is 4.19. The lowest BCUT2D eigenvalue weighted by Crippen LogP contribution is -2.00. The van der Waals surface area contributed by atoms with Gasteiger partial charge in [-0.15, -0.1) is 10.2 Å². The molecule has 0 unspecified atom stereocenters. The summed E-state index contributed by atoms with van der Waals surface area (Å²) >= 11 is 0. The standard InChI is InChI=1S/C18H18N4O2/c1-2-23-18-10-16(11-21-22-13-19-20-14-22)8-9-17(18)24-12-15-6-4-3-5-7-15/h3-11,13-14H,2,12H2,1H3. The largest absolute Gasteiger partial charge is 0.490 e. The van der Waals surface area contributed by atoms with Gasteiger partial charge < -0.3 is 9.47 Å². The van der Waals surface area contributed by atoms with Crippen molar-refractivity contribution >= 4 is 6.21 Å². The van der Waals surface area contributed by atoms with E-state index in [9.17, 15) is 0 Å². The Balaban J connectivity index is 1.74. The number of benzene rings is 2. The minimum absolute atomic E-state index is 0.495. The maximum atomic E-state index is 5.89. The Morgan fingerprint density at radius 1 is 1.00 bits per heavy atom. The smallest absolute Gasteiger partial charge is 0.161 e. The summed E-state index contributed by atoms with van der Waals surface area (Å²) in [4.78, 5) is 0. The normalized spacial score (nSPS) is 10.9. The summed E-state index contributed by atoms with van der Waals surface area (Å²) in [6.07, 6.45) is 4.77. The Hall–Kier alpha value is -3.15. The lowest BCUT2D eigenvalue weighted by molar-refractivity contribution is 0.269. The monoisotopic (exact) mass is 322 g/mol. The second-order valence-electron chi connectivity index (χ2n) is 5.00. The van der Waals surface area contributed by atoms with Crippen molar-refractivity contribution in [1.82, 2.24) is 14.9 Å². The van der Waals surface area contributed by atoms with Crippen molar-refractivity contribution in [3.05, 3.63) is 72.3 Å². The molecule has 0 radical (unpaired) electrons. The average Bonchev–Trinajstić information content (AvgIpc) is 3.14. The Morgan fingerprint density at radius 2 is 1.79 bits per heavy atom. The zero-order valence-electron chi connectivity index (χ0n) is 13.4. The van der Waals surface area contributed by atoms with Gasteiger partial charge >= 0.3 is 0 Å². The topological polar surface area (TPSA) is 61.5 Å². The molecule has 3 rings (SSSR count). The van der Waals surface area contributed by atoms with Crippen LogP contribution in [0.2, 0.25) is 0 Å². The molecule has 122 valence electrons. The first-order valence-corrected chi connectivity index (χ1v) is 7.67. The van der Waals surface area contributed by atoms with Gasteiger partial charge in [0.1, 0.15) is 19.3 Å². The van der Waals surface area contributed by atoms with Crippen molar-refractivity contribution in [3.8, 4) is 11.5 Å². The van der Waals surface area contributed by atoms with Crippen molar-refractivity contribution in [2.75, 3.05) is 6.61 Å². The molecule has 1 heterocycles. The molecule has 0 saturated carbocycles. The van der Waals surface area contributed by atoms with E-state index in [4.69, 9.17) is 9.47 Å². The van der Waals surface area contributed by atoms with E-state index in [1.165, 1.54) is 17.3 Å². The highest BCUT2D eigenvalue weighted by atomic mass is 16.5. The lowest BCUT2D eigenvalue weighted by atomic mass is 10.2. The van der Waals surface area contributed by atoms with E-state index in [0.29, 0.717) is 24.7 Å². The third-order valence-corrected chi connectivity index (χ3v) is 3.25. The van der Waals surface area contributed by atoms with E-state index in [-0.39, 0.29) is 0 Å². The van der Waals surface area contributed by atoms with Crippen LogP contribution in [0, 0.1) is 0 Å². The van der Waals surface area contributed by atoms with Crippen molar-refractivity contribution in [2.24, 2.45) is 5.10 Å². The van der Waals surface area contributed by atoms with Crippen LogP contribution in [-0.4, -0.2) is 27.7 Å². The maximum Gasteiger partial charge on any atom is 0.161 e. The van der Waals surface area contributed by atoms with Gasteiger partial charge in [0, 0.05) is 0 Å². The van der Waals surface area contributed by atoms with Crippen molar-refractivity contribution in [2.45, 2.75) is 13.5 Å². The average molecular weight is 322 g/mol. The van der Waals surface area contributed by atoms with Crippen LogP contribution >= 0.6 is 0 Å². The Morgan fingerprint density at radius 3 is 2.54 bits per heavy atom. The fourth-order valence-corrected chi connectivity index (χ4v) is 2.12. The van der Waals surface area contributed by atoms with Gasteiger partial charge in [0.15, 0.2) is 11.5 Å². The summed E-state index contributed by atoms with van der Waals surface area (Å²) in [5.41, 5.74) is 2.01. The van der Waals surface area contributed by atoms with Crippen LogP contribution in [0.25, 0.3) is 0 Å². The molecule has 0 amide bonds. The molecule has 6 nitrogen and oxygen atoms in total. The molecule has 1 aromatic heterocycles. The molecular weight excluding hydrogens is 304 g/mol. The molecule has 0 aliphatic carbocycles. The number of nitrogens with zero attached hydrogens (tertiary/aromatic N) is 4. The number of ether oxygens (including phenoxy) is 2. The Kier molecular flexibility index (Phi) is 5.19. The molecule has 2 aromatic carbocycles. The van der Waals surface area contributed by atoms with Gasteiger partial charge in [-0.3, -0.25) is 0 Å². The van der Waals surface area contributed by atoms with E-state index in [0.717, 1.165) is 11.1 Å². The van der Waals surface area contributed by atoms with Gasteiger partial charge in [0.2, 0.25) is 0 Å². The number of aromatic nitrogens is 3. The third-order valence-electron chi connectivity index (χ3n) is 3.25. The zero-order chi connectivity index (χ0) is 16.6. The zero-order valence-corrected chi connectivity index (χ0v) is 13.4. The molecule has 0 spiro atoms. The van der Waals surface area contributed by atoms with Gasteiger partial charge in [0.25, 0.3) is 0 Å². The summed E-state index contributed by atoms with van der Waals surface area (Å²) in [7, 11) is 0. The number of rotatable bonds is 7. The predicted molar refractivity (Wildman–Crippen MR) is 91.4 cm³/mol. The summed E-state index contributed by atoms with van der Waals surface area (Å²) in [6, 6.07) is 15.7. The second kappa shape index (κ2) is 7.92. The highest BCUT2D eigenvalue weighted by Gasteiger charge is 2.06. The first kappa shape index (κ1) is 15.7. The summed E-state index contributed by atoms with van der Waals surface area (Å²) in [5.74, 6) is 1.41. The predicted octanol–water partition coefficient (Wildman–Crippen LogP) is 3.14. The van der Waals surface area contributed by atoms with E-state index < -0.39 is 0 Å². The summed E-state index contributed by atoms with van der Waals surface area (Å²) in [5, 5.41) is 11.6. The molecule has 0 aliphatic rings. The van der Waals surface area contributed by atoms with Gasteiger partial charge in [-0.25, -0.2) is 4.68 Å². The van der Waals surface area contributed by atoms with Gasteiger partial charge in [-0.05, 0) is 36.2 Å². The van der Waals surface area contributed by atoms with Gasteiger partial charge in [-0.2, -0.15) is 5.10 Å². The summed E-state index contributed by atoms with van der Waals surface area (Å²) in [6.45, 7) is 3.00. The Labute approximate surface area is 140 Å². The number of hydrogen-bond acceptors (Lipinski definition) is 5. The molecule has 24 heavy (non-hydrogen) atoms. The number of hydrogen-bond donors (Lipinski definition) is 0. The molecule has 6 heteroatoms. The quantitative estimate of drug-likeness (QED) is 0.627. The molecule has 0 aliphatic heterocycles. The minimum atomic E-state index is 0.495. The van der Waals surface area contributed by atoms with Gasteiger partial charge in [0.05, 0.1) is 12.8 Å². The first-order chi connectivity index (χ1) is 11.8. The highest BCUT2D eigenvalue weighted by Crippen LogP contribution is 2.28. The SMILES string of the molecule is CCOc1cc(C=Nn2cnnc2)ccc1OCc1ccccc1. The van der Waals surface area contributed by atoms with Crippen molar-refractivity contribution in [1.29, 1.82) is 0 Å². The van der Waals surface area contributed by atoms with Crippen LogP contribution in [0.3, 0.4) is 0 Å². The second-order valence-corrected chi connectivity index (χ2v) is 5.00. The van der Waals surface area contributed by atoms with Crippen molar-refractivity contribution in [3.63, 3.8) is 0 Å². The molecule has 0 saturated heterocycles.